The second kappa shape index (κ2) is 3.95. The van der Waals surface area contributed by atoms with Crippen LogP contribution in [0.4, 0.5) is 8.78 Å². The number of alkyl halides is 2. The van der Waals surface area contributed by atoms with Crippen molar-refractivity contribution in [1.29, 1.82) is 0 Å². The van der Waals surface area contributed by atoms with Gasteiger partial charge in [0.1, 0.15) is 6.61 Å². The summed E-state index contributed by atoms with van der Waals surface area (Å²) in [6.45, 7) is -1.30. The molecule has 0 aromatic carbocycles. The molecule has 0 spiro atoms. The van der Waals surface area contributed by atoms with E-state index in [9.17, 15) is 17.5 Å². The molecule has 0 saturated heterocycles. The van der Waals surface area contributed by atoms with Crippen LogP contribution in [-0.4, -0.2) is 32.2 Å². The van der Waals surface area contributed by atoms with Crippen LogP contribution in [-0.2, 0) is 11.1 Å². The zero-order chi connectivity index (χ0) is 8.20. The highest BCUT2D eigenvalue weighted by Gasteiger charge is 2.26. The Morgan fingerprint density at radius 2 is 2.10 bits per heavy atom. The quantitative estimate of drug-likeness (QED) is 0.603. The molecule has 0 aromatic rings. The van der Waals surface area contributed by atoms with Gasteiger partial charge in [0.2, 0.25) is 0 Å². The first-order valence-electron chi connectivity index (χ1n) is 2.52. The minimum Gasteiger partial charge on any atom is -0.772 e. The van der Waals surface area contributed by atoms with Crippen LogP contribution < -0.4 is 0 Å². The van der Waals surface area contributed by atoms with Crippen LogP contribution in [0.25, 0.3) is 0 Å². The third-order valence-corrected chi connectivity index (χ3v) is 1.40. The van der Waals surface area contributed by atoms with E-state index in [-0.39, 0.29) is 0 Å². The molecule has 3 nitrogen and oxygen atoms in total. The zero-order valence-electron chi connectivity index (χ0n) is 5.05. The Kier molecular flexibility index (Phi) is 3.92. The Morgan fingerprint density at radius 1 is 1.60 bits per heavy atom. The van der Waals surface area contributed by atoms with E-state index in [2.05, 4.69) is 0 Å². The van der Waals surface area contributed by atoms with Crippen LogP contribution in [0.2, 0.25) is 0 Å². The molecule has 0 aliphatic carbocycles. The molecule has 0 aromatic heterocycles. The maximum Gasteiger partial charge on any atom is 0.271 e. The van der Waals surface area contributed by atoms with Gasteiger partial charge in [-0.05, 0) is 0 Å². The van der Waals surface area contributed by atoms with Crippen molar-refractivity contribution in [1.82, 2.24) is 0 Å². The maximum atomic E-state index is 12.0. The number of aliphatic hydroxyl groups excluding tert-OH is 1. The standard InChI is InChI=1S/C4H8F2O3S/c5-4(6,3-7)1-2-10(8)9/h7H,1-3H2,(H,8,9)/p-1. The van der Waals surface area contributed by atoms with Gasteiger partial charge in [-0.15, -0.1) is 0 Å². The molecule has 0 fully saturated rings. The molecule has 1 atom stereocenters. The minimum absolute atomic E-state index is 0.618. The van der Waals surface area contributed by atoms with E-state index in [1.807, 2.05) is 0 Å². The van der Waals surface area contributed by atoms with Gasteiger partial charge in [0.15, 0.2) is 0 Å². The largest absolute Gasteiger partial charge is 0.772 e. The van der Waals surface area contributed by atoms with Gasteiger partial charge in [0.05, 0.1) is 0 Å². The van der Waals surface area contributed by atoms with Gasteiger partial charge in [0.25, 0.3) is 5.92 Å². The number of rotatable bonds is 4. The lowest BCUT2D eigenvalue weighted by atomic mass is 10.3. The lowest BCUT2D eigenvalue weighted by Crippen LogP contribution is -2.23. The summed E-state index contributed by atoms with van der Waals surface area (Å²) in [5.74, 6) is -3.88. The molecular weight excluding hydrogens is 166 g/mol. The first kappa shape index (κ1) is 9.93. The van der Waals surface area contributed by atoms with Gasteiger partial charge >= 0.3 is 0 Å². The van der Waals surface area contributed by atoms with Crippen LogP contribution in [0, 0.1) is 0 Å². The fourth-order valence-electron chi connectivity index (χ4n) is 0.312. The van der Waals surface area contributed by atoms with Crippen molar-refractivity contribution in [3.05, 3.63) is 0 Å². The predicted molar refractivity (Wildman–Crippen MR) is 30.4 cm³/mol. The van der Waals surface area contributed by atoms with Gasteiger partial charge in [-0.2, -0.15) is 0 Å². The molecule has 0 aliphatic rings. The number of hydrogen-bond acceptors (Lipinski definition) is 3. The van der Waals surface area contributed by atoms with Crippen molar-refractivity contribution in [2.24, 2.45) is 0 Å². The van der Waals surface area contributed by atoms with Crippen LogP contribution >= 0.6 is 0 Å². The Balaban J connectivity index is 3.56. The van der Waals surface area contributed by atoms with Crippen molar-refractivity contribution >= 4 is 11.1 Å². The number of hydrogen-bond donors (Lipinski definition) is 1. The van der Waals surface area contributed by atoms with Crippen LogP contribution in [0.1, 0.15) is 6.42 Å². The first-order valence-corrected chi connectivity index (χ1v) is 3.77. The lowest BCUT2D eigenvalue weighted by Gasteiger charge is -2.13. The van der Waals surface area contributed by atoms with Crippen molar-refractivity contribution in [2.45, 2.75) is 12.3 Å². The van der Waals surface area contributed by atoms with Gasteiger partial charge in [-0.3, -0.25) is 4.21 Å². The van der Waals surface area contributed by atoms with Gasteiger partial charge in [-0.25, -0.2) is 8.78 Å². The Bertz CT molecular complexity index is 128. The third kappa shape index (κ3) is 4.78. The highest BCUT2D eigenvalue weighted by atomic mass is 32.2. The normalized spacial score (nSPS) is 15.2. The summed E-state index contributed by atoms with van der Waals surface area (Å²) in [4.78, 5) is 0. The fourth-order valence-corrected chi connectivity index (χ4v) is 0.777. The second-order valence-electron chi connectivity index (χ2n) is 1.77. The molecule has 0 heterocycles. The SMILES string of the molecule is O=S([O-])CCC(F)(F)CO. The van der Waals surface area contributed by atoms with E-state index in [1.54, 1.807) is 0 Å². The summed E-state index contributed by atoms with van der Waals surface area (Å²) in [5.41, 5.74) is 0. The molecule has 1 N–H and O–H groups in total. The van der Waals surface area contributed by atoms with Gasteiger partial charge in [-0.1, -0.05) is 11.1 Å². The summed E-state index contributed by atoms with van der Waals surface area (Å²) >= 11 is -2.45. The summed E-state index contributed by atoms with van der Waals surface area (Å²) in [5, 5.41) is 7.96. The highest BCUT2D eigenvalue weighted by molar-refractivity contribution is 7.79. The Labute approximate surface area is 59.3 Å². The maximum absolute atomic E-state index is 12.0. The van der Waals surface area contributed by atoms with Crippen LogP contribution in [0.3, 0.4) is 0 Å². The van der Waals surface area contributed by atoms with Crippen molar-refractivity contribution in [3.63, 3.8) is 0 Å². The molecule has 0 saturated carbocycles. The van der Waals surface area contributed by atoms with E-state index in [4.69, 9.17) is 5.11 Å². The van der Waals surface area contributed by atoms with Gasteiger partial charge < -0.3 is 9.66 Å². The van der Waals surface area contributed by atoms with E-state index in [0.29, 0.717) is 0 Å². The predicted octanol–water partition coefficient (Wildman–Crippen LogP) is -0.117. The molecule has 0 rings (SSSR count). The molecule has 0 amide bonds. The summed E-state index contributed by atoms with van der Waals surface area (Å²) in [6, 6.07) is 0. The Morgan fingerprint density at radius 3 is 2.40 bits per heavy atom. The lowest BCUT2D eigenvalue weighted by molar-refractivity contribution is -0.0516. The minimum atomic E-state index is -3.26. The Hall–Kier alpha value is -0.0700. The molecular formula is C4H7F2O3S-. The monoisotopic (exact) mass is 173 g/mol. The van der Waals surface area contributed by atoms with Crippen molar-refractivity contribution in [2.75, 3.05) is 12.4 Å². The molecule has 1 unspecified atom stereocenters. The van der Waals surface area contributed by atoms with Crippen molar-refractivity contribution < 1.29 is 22.6 Å². The van der Waals surface area contributed by atoms with Gasteiger partial charge in [0, 0.05) is 12.2 Å². The molecule has 62 valence electrons. The van der Waals surface area contributed by atoms with Crippen LogP contribution in [0.15, 0.2) is 0 Å². The summed E-state index contributed by atoms with van der Waals surface area (Å²) < 4.78 is 43.5. The van der Waals surface area contributed by atoms with E-state index in [1.165, 1.54) is 0 Å². The first-order chi connectivity index (χ1) is 4.48. The van der Waals surface area contributed by atoms with E-state index >= 15 is 0 Å². The average Bonchev–Trinajstić information content (AvgIpc) is 1.85. The van der Waals surface area contributed by atoms with Crippen LogP contribution in [0.5, 0.6) is 0 Å². The average molecular weight is 173 g/mol. The van der Waals surface area contributed by atoms with E-state index in [0.717, 1.165) is 0 Å². The zero-order valence-corrected chi connectivity index (χ0v) is 5.87. The summed E-state index contributed by atoms with van der Waals surface area (Å²) in [6.07, 6.45) is -0.820. The molecule has 0 radical (unpaired) electrons. The molecule has 6 heteroatoms. The number of aliphatic hydroxyl groups is 1. The van der Waals surface area contributed by atoms with E-state index < -0.39 is 35.8 Å². The smallest absolute Gasteiger partial charge is 0.271 e. The van der Waals surface area contributed by atoms with Crippen molar-refractivity contribution in [3.8, 4) is 0 Å². The number of halogens is 2. The third-order valence-electron chi connectivity index (χ3n) is 0.866. The fraction of sp³-hybridized carbons (Fsp3) is 1.00. The molecule has 0 bridgehead atoms. The topological polar surface area (TPSA) is 60.4 Å². The highest BCUT2D eigenvalue weighted by Crippen LogP contribution is 2.16. The molecule has 0 aliphatic heterocycles. The summed E-state index contributed by atoms with van der Waals surface area (Å²) in [7, 11) is 0. The second-order valence-corrected chi connectivity index (χ2v) is 2.79. The molecule has 10 heavy (non-hydrogen) atoms.